The normalized spacial score (nSPS) is 9.82. The van der Waals surface area contributed by atoms with Gasteiger partial charge in [0.05, 0.1) is 5.69 Å². The Bertz CT molecular complexity index is 433. The van der Waals surface area contributed by atoms with E-state index < -0.39 is 0 Å². The molecule has 0 bridgehead atoms. The van der Waals surface area contributed by atoms with Crippen LogP contribution in [0.1, 0.15) is 18.9 Å². The molecule has 2 amide bonds. The summed E-state index contributed by atoms with van der Waals surface area (Å²) in [5, 5.41) is 5.32. The van der Waals surface area contributed by atoms with Crippen molar-refractivity contribution >= 4 is 33.4 Å². The summed E-state index contributed by atoms with van der Waals surface area (Å²) < 4.78 is 0.833. The van der Waals surface area contributed by atoms with Crippen LogP contribution in [-0.2, 0) is 4.79 Å². The van der Waals surface area contributed by atoms with Gasteiger partial charge in [-0.2, -0.15) is 0 Å². The standard InChI is InChI=1S/C12H15BrN2O2/c1-8-3-4-11(10(13)7-8)15-12(17)14-6-5-9(2)16/h3-4,7H,5-6H2,1-2H3,(H2,14,15,17). The van der Waals surface area contributed by atoms with E-state index in [1.54, 1.807) is 0 Å². The fourth-order valence-corrected chi connectivity index (χ4v) is 1.83. The highest BCUT2D eigenvalue weighted by molar-refractivity contribution is 9.10. The van der Waals surface area contributed by atoms with Gasteiger partial charge in [-0.15, -0.1) is 0 Å². The summed E-state index contributed by atoms with van der Waals surface area (Å²) in [4.78, 5) is 22.2. The molecule has 92 valence electrons. The number of rotatable bonds is 4. The number of carbonyl (C=O) groups excluding carboxylic acids is 2. The number of benzene rings is 1. The van der Waals surface area contributed by atoms with Crippen LogP contribution in [-0.4, -0.2) is 18.4 Å². The van der Waals surface area contributed by atoms with Crippen molar-refractivity contribution in [3.8, 4) is 0 Å². The van der Waals surface area contributed by atoms with Gasteiger partial charge in [0, 0.05) is 17.4 Å². The van der Waals surface area contributed by atoms with Crippen molar-refractivity contribution in [2.45, 2.75) is 20.3 Å². The lowest BCUT2D eigenvalue weighted by Crippen LogP contribution is -2.30. The Morgan fingerprint density at radius 1 is 1.35 bits per heavy atom. The largest absolute Gasteiger partial charge is 0.337 e. The molecule has 0 aliphatic carbocycles. The smallest absolute Gasteiger partial charge is 0.319 e. The van der Waals surface area contributed by atoms with E-state index in [2.05, 4.69) is 26.6 Å². The number of aryl methyl sites for hydroxylation is 1. The van der Waals surface area contributed by atoms with E-state index in [1.165, 1.54) is 6.92 Å². The van der Waals surface area contributed by atoms with E-state index in [0.29, 0.717) is 18.7 Å². The first-order valence-corrected chi connectivity index (χ1v) is 6.09. The Hall–Kier alpha value is -1.36. The van der Waals surface area contributed by atoms with Crippen LogP contribution in [0.5, 0.6) is 0 Å². The summed E-state index contributed by atoms with van der Waals surface area (Å²) in [6, 6.07) is 5.35. The van der Waals surface area contributed by atoms with Crippen LogP contribution in [0.3, 0.4) is 0 Å². The number of urea groups is 1. The zero-order valence-corrected chi connectivity index (χ0v) is 11.4. The molecule has 0 saturated carbocycles. The molecule has 0 spiro atoms. The molecular weight excluding hydrogens is 284 g/mol. The number of carbonyl (C=O) groups is 2. The van der Waals surface area contributed by atoms with Gasteiger partial charge in [-0.05, 0) is 47.5 Å². The first-order chi connectivity index (χ1) is 7.99. The number of hydrogen-bond acceptors (Lipinski definition) is 2. The Morgan fingerprint density at radius 2 is 2.06 bits per heavy atom. The summed E-state index contributed by atoms with van der Waals surface area (Å²) in [5.74, 6) is 0.0572. The van der Waals surface area contributed by atoms with Gasteiger partial charge in [0.1, 0.15) is 5.78 Å². The maximum atomic E-state index is 11.5. The molecule has 0 atom stereocenters. The van der Waals surface area contributed by atoms with Gasteiger partial charge in [-0.1, -0.05) is 6.07 Å². The maximum absolute atomic E-state index is 11.5. The van der Waals surface area contributed by atoms with Crippen molar-refractivity contribution in [2.75, 3.05) is 11.9 Å². The fraction of sp³-hybridized carbons (Fsp3) is 0.333. The van der Waals surface area contributed by atoms with Crippen LogP contribution in [0.15, 0.2) is 22.7 Å². The van der Waals surface area contributed by atoms with E-state index in [-0.39, 0.29) is 11.8 Å². The van der Waals surface area contributed by atoms with Gasteiger partial charge >= 0.3 is 6.03 Å². The molecule has 2 N–H and O–H groups in total. The van der Waals surface area contributed by atoms with Gasteiger partial charge in [-0.3, -0.25) is 4.79 Å². The highest BCUT2D eigenvalue weighted by Crippen LogP contribution is 2.23. The number of halogens is 1. The molecule has 1 rings (SSSR count). The molecule has 0 radical (unpaired) electrons. The van der Waals surface area contributed by atoms with Crippen molar-refractivity contribution in [1.29, 1.82) is 0 Å². The number of hydrogen-bond donors (Lipinski definition) is 2. The van der Waals surface area contributed by atoms with Gasteiger partial charge < -0.3 is 10.6 Å². The molecule has 17 heavy (non-hydrogen) atoms. The molecule has 0 saturated heterocycles. The molecule has 0 aliphatic heterocycles. The average Bonchev–Trinajstić information content (AvgIpc) is 2.21. The second kappa shape index (κ2) is 6.39. The third kappa shape index (κ3) is 4.99. The lowest BCUT2D eigenvalue weighted by molar-refractivity contribution is -0.116. The first-order valence-electron chi connectivity index (χ1n) is 5.29. The second-order valence-electron chi connectivity index (χ2n) is 3.82. The van der Waals surface area contributed by atoms with Crippen LogP contribution < -0.4 is 10.6 Å². The van der Waals surface area contributed by atoms with Crippen LogP contribution in [0.2, 0.25) is 0 Å². The SMILES string of the molecule is CC(=O)CCNC(=O)Nc1ccc(C)cc1Br. The average molecular weight is 299 g/mol. The summed E-state index contributed by atoms with van der Waals surface area (Å²) in [7, 11) is 0. The van der Waals surface area contributed by atoms with Crippen molar-refractivity contribution in [3.05, 3.63) is 28.2 Å². The second-order valence-corrected chi connectivity index (χ2v) is 4.67. The molecule has 0 fully saturated rings. The molecule has 1 aromatic carbocycles. The summed E-state index contributed by atoms with van der Waals surface area (Å²) in [5.41, 5.74) is 1.82. The highest BCUT2D eigenvalue weighted by atomic mass is 79.9. The lowest BCUT2D eigenvalue weighted by Gasteiger charge is -2.09. The molecule has 5 heteroatoms. The van der Waals surface area contributed by atoms with Crippen LogP contribution in [0.4, 0.5) is 10.5 Å². The van der Waals surface area contributed by atoms with Crippen LogP contribution >= 0.6 is 15.9 Å². The number of amides is 2. The minimum atomic E-state index is -0.309. The van der Waals surface area contributed by atoms with Crippen LogP contribution in [0, 0.1) is 6.92 Å². The van der Waals surface area contributed by atoms with Crippen molar-refractivity contribution in [3.63, 3.8) is 0 Å². The van der Waals surface area contributed by atoms with Crippen molar-refractivity contribution < 1.29 is 9.59 Å². The van der Waals surface area contributed by atoms with E-state index >= 15 is 0 Å². The Kier molecular flexibility index (Phi) is 5.15. The van der Waals surface area contributed by atoms with Crippen LogP contribution in [0.25, 0.3) is 0 Å². The summed E-state index contributed by atoms with van der Waals surface area (Å²) in [6.45, 7) is 3.82. The molecule has 0 unspecified atom stereocenters. The van der Waals surface area contributed by atoms with Gasteiger partial charge in [0.15, 0.2) is 0 Å². The number of nitrogens with one attached hydrogen (secondary N) is 2. The van der Waals surface area contributed by atoms with Gasteiger partial charge in [-0.25, -0.2) is 4.79 Å². The van der Waals surface area contributed by atoms with Crippen molar-refractivity contribution in [2.24, 2.45) is 0 Å². The topological polar surface area (TPSA) is 58.2 Å². The first kappa shape index (κ1) is 13.7. The van der Waals surface area contributed by atoms with Gasteiger partial charge in [0.25, 0.3) is 0 Å². The summed E-state index contributed by atoms with van der Waals surface area (Å²) in [6.07, 6.45) is 0.350. The molecule has 0 aromatic heterocycles. The maximum Gasteiger partial charge on any atom is 0.319 e. The van der Waals surface area contributed by atoms with Gasteiger partial charge in [0.2, 0.25) is 0 Å². The molecule has 4 nitrogen and oxygen atoms in total. The third-order valence-electron chi connectivity index (χ3n) is 2.14. The number of anilines is 1. The third-order valence-corrected chi connectivity index (χ3v) is 2.79. The predicted molar refractivity (Wildman–Crippen MR) is 71.2 cm³/mol. The Morgan fingerprint density at radius 3 is 2.65 bits per heavy atom. The van der Waals surface area contributed by atoms with E-state index in [4.69, 9.17) is 0 Å². The lowest BCUT2D eigenvalue weighted by atomic mass is 10.2. The summed E-state index contributed by atoms with van der Waals surface area (Å²) >= 11 is 3.37. The van der Waals surface area contributed by atoms with Crippen molar-refractivity contribution in [1.82, 2.24) is 5.32 Å². The fourth-order valence-electron chi connectivity index (χ4n) is 1.24. The molecule has 0 heterocycles. The zero-order chi connectivity index (χ0) is 12.8. The molecular formula is C12H15BrN2O2. The minimum absolute atomic E-state index is 0.0572. The minimum Gasteiger partial charge on any atom is -0.337 e. The van der Waals surface area contributed by atoms with E-state index in [1.807, 2.05) is 25.1 Å². The van der Waals surface area contributed by atoms with E-state index in [0.717, 1.165) is 10.0 Å². The molecule has 1 aromatic rings. The van der Waals surface area contributed by atoms with E-state index in [9.17, 15) is 9.59 Å². The number of Topliss-reactive ketones (excluding diaryl/α,β-unsaturated/α-hetero) is 1. The monoisotopic (exact) mass is 298 g/mol. The zero-order valence-electron chi connectivity index (χ0n) is 9.84. The quantitative estimate of drug-likeness (QED) is 0.898. The Balaban J connectivity index is 2.48. The number of ketones is 1. The highest BCUT2D eigenvalue weighted by Gasteiger charge is 2.05. The Labute approximate surface area is 109 Å². The predicted octanol–water partition coefficient (Wildman–Crippen LogP) is 2.86. The molecule has 0 aliphatic rings.